The molecule has 1 heterocycles. The van der Waals surface area contributed by atoms with Crippen LogP contribution in [0.4, 0.5) is 5.69 Å². The van der Waals surface area contributed by atoms with E-state index in [9.17, 15) is 53.3 Å². The smallest absolute Gasteiger partial charge is 0.338 e. The second kappa shape index (κ2) is 25.9. The average Bonchev–Trinajstić information content (AvgIpc) is 3.63. The Morgan fingerprint density at radius 1 is 0.744 bits per heavy atom. The van der Waals surface area contributed by atoms with Crippen LogP contribution in [0.1, 0.15) is 96.7 Å². The molecule has 1 aliphatic rings. The van der Waals surface area contributed by atoms with Gasteiger partial charge in [-0.25, -0.2) is 4.79 Å². The number of methoxy groups -OCH3 is 1. The predicted octanol–water partition coefficient (Wildman–Crippen LogP) is 8.42. The molecule has 0 bridgehead atoms. The molecule has 0 aliphatic carbocycles. The molecule has 5 N–H and O–H groups in total. The van der Waals surface area contributed by atoms with Crippen LogP contribution in [0, 0.1) is 6.92 Å². The van der Waals surface area contributed by atoms with E-state index in [4.69, 9.17) is 4.74 Å². The Bertz CT molecular complexity index is 3430. The van der Waals surface area contributed by atoms with Gasteiger partial charge in [-0.3, -0.25) is 23.2 Å². The van der Waals surface area contributed by atoms with Gasteiger partial charge >= 0.3 is 5.97 Å². The second-order valence-electron chi connectivity index (χ2n) is 19.6. The highest BCUT2D eigenvalue weighted by atomic mass is 32.2. The van der Waals surface area contributed by atoms with Crippen molar-refractivity contribution in [2.45, 2.75) is 86.8 Å². The molecule has 0 spiro atoms. The molecule has 20 heteroatoms. The van der Waals surface area contributed by atoms with Gasteiger partial charge in [-0.1, -0.05) is 118 Å². The first kappa shape index (κ1) is 60.7. The molecule has 1 atom stereocenters. The summed E-state index contributed by atoms with van der Waals surface area (Å²) in [6.07, 6.45) is 10.9. The molecule has 0 fully saturated rings. The molecule has 414 valence electrons. The number of unbranched alkanes of at least 4 members (excludes halogenated alkanes) is 2. The maximum absolute atomic E-state index is 13.5. The van der Waals surface area contributed by atoms with E-state index in [0.29, 0.717) is 70.3 Å². The first-order valence-corrected chi connectivity index (χ1v) is 30.9. The van der Waals surface area contributed by atoms with Crippen LogP contribution in [0.15, 0.2) is 173 Å². The molecule has 0 radical (unpaired) electrons. The van der Waals surface area contributed by atoms with E-state index in [1.165, 1.54) is 31.4 Å². The molecule has 1 unspecified atom stereocenters. The lowest BCUT2D eigenvalue weighted by molar-refractivity contribution is -0.121. The summed E-state index contributed by atoms with van der Waals surface area (Å²) in [6.45, 7) is 12.4. The molecular weight excluding hydrogens is 1070 g/mol. The Morgan fingerprint density at radius 2 is 1.36 bits per heavy atom. The number of nitrogens with zero attached hydrogens (tertiary/aromatic N) is 1. The topological polar surface area (TPSA) is 251 Å². The summed E-state index contributed by atoms with van der Waals surface area (Å²) in [5.41, 5.74) is 2.86. The van der Waals surface area contributed by atoms with Crippen LogP contribution in [0.5, 0.6) is 0 Å². The molecule has 6 rings (SSSR count). The Morgan fingerprint density at radius 3 is 1.97 bits per heavy atom. The zero-order chi connectivity index (χ0) is 57.1. The maximum atomic E-state index is 13.5. The number of benzene rings is 5. The van der Waals surface area contributed by atoms with Crippen molar-refractivity contribution >= 4 is 77.7 Å². The van der Waals surface area contributed by atoms with E-state index >= 15 is 0 Å². The van der Waals surface area contributed by atoms with E-state index < -0.39 is 60.8 Å². The molecule has 5 aromatic carbocycles. The second-order valence-corrected chi connectivity index (χ2v) is 26.2. The van der Waals surface area contributed by atoms with Gasteiger partial charge in [0.1, 0.15) is 0 Å². The monoisotopic (exact) mass is 1140 g/mol. The van der Waals surface area contributed by atoms with Crippen molar-refractivity contribution in [3.05, 3.63) is 191 Å². The van der Waals surface area contributed by atoms with Crippen LogP contribution < -0.4 is 31.4 Å². The minimum atomic E-state index is -4.64. The number of anilines is 1. The fourth-order valence-corrected chi connectivity index (χ4v) is 13.5. The number of rotatable bonds is 25. The van der Waals surface area contributed by atoms with Crippen molar-refractivity contribution in [1.29, 1.82) is 0 Å². The average molecular weight is 1140 g/mol. The highest BCUT2D eigenvalue weighted by Crippen LogP contribution is 2.51. The molecular formula is C58H66N3O13PS3. The Labute approximate surface area is 459 Å². The quantitative estimate of drug-likeness (QED) is 0.0121. The van der Waals surface area contributed by atoms with Gasteiger partial charge in [-0.05, 0) is 135 Å². The Balaban J connectivity index is 1.11. The summed E-state index contributed by atoms with van der Waals surface area (Å²) >= 11 is 0. The summed E-state index contributed by atoms with van der Waals surface area (Å²) in [7, 11) is -13.4. The van der Waals surface area contributed by atoms with Crippen molar-refractivity contribution in [3.8, 4) is 0 Å². The number of ether oxygens (including phenoxy) is 1. The normalized spacial score (nSPS) is 15.5. The lowest BCUT2D eigenvalue weighted by atomic mass is 9.76. The van der Waals surface area contributed by atoms with Crippen LogP contribution in [0.2, 0.25) is 0 Å². The van der Waals surface area contributed by atoms with E-state index in [1.807, 2.05) is 99.3 Å². The number of hydrogen-bond acceptors (Lipinski definition) is 11. The number of nitrogens with one attached hydrogen (secondary N) is 2. The van der Waals surface area contributed by atoms with Gasteiger partial charge in [0.15, 0.2) is 0 Å². The third-order valence-electron chi connectivity index (χ3n) is 13.8. The van der Waals surface area contributed by atoms with Gasteiger partial charge in [0.2, 0.25) is 5.91 Å². The number of esters is 1. The molecule has 16 nitrogen and oxygen atoms in total. The minimum absolute atomic E-state index is 0.0151. The van der Waals surface area contributed by atoms with E-state index in [1.54, 1.807) is 54.6 Å². The zero-order valence-corrected chi connectivity index (χ0v) is 47.5. The molecule has 2 amide bonds. The van der Waals surface area contributed by atoms with Crippen LogP contribution in [0.3, 0.4) is 0 Å². The van der Waals surface area contributed by atoms with Crippen LogP contribution in [0.25, 0.3) is 0 Å². The van der Waals surface area contributed by atoms with Gasteiger partial charge in [0.25, 0.3) is 36.3 Å². The fourth-order valence-electron chi connectivity index (χ4n) is 9.53. The summed E-state index contributed by atoms with van der Waals surface area (Å²) in [6, 6.07) is 33.1. The summed E-state index contributed by atoms with van der Waals surface area (Å²) < 4.78 is 107. The van der Waals surface area contributed by atoms with Crippen molar-refractivity contribution in [2.24, 2.45) is 0 Å². The van der Waals surface area contributed by atoms with Gasteiger partial charge in [0.05, 0.1) is 28.2 Å². The maximum Gasteiger partial charge on any atom is 0.338 e. The number of fused-ring (bicyclic) bond motifs is 1. The molecule has 78 heavy (non-hydrogen) atoms. The molecule has 0 aromatic heterocycles. The number of carbonyl (C=O) groups is 3. The molecule has 0 saturated heterocycles. The lowest BCUT2D eigenvalue weighted by Gasteiger charge is -2.30. The summed E-state index contributed by atoms with van der Waals surface area (Å²) in [4.78, 5) is 41.0. The lowest BCUT2D eigenvalue weighted by Crippen LogP contribution is -2.35. The Kier molecular flexibility index (Phi) is 20.2. The third kappa shape index (κ3) is 15.4. The summed E-state index contributed by atoms with van der Waals surface area (Å²) in [5, 5.41) is 8.37. The highest BCUT2D eigenvalue weighted by molar-refractivity contribution is 7.86. The Hall–Kier alpha value is -6.57. The van der Waals surface area contributed by atoms with Crippen molar-refractivity contribution in [3.63, 3.8) is 0 Å². The van der Waals surface area contributed by atoms with Crippen molar-refractivity contribution in [1.82, 2.24) is 10.6 Å². The highest BCUT2D eigenvalue weighted by Gasteiger charge is 2.44. The number of amides is 2. The van der Waals surface area contributed by atoms with E-state index in [0.717, 1.165) is 16.2 Å². The predicted molar refractivity (Wildman–Crippen MR) is 306 cm³/mol. The number of aryl methyl sites for hydroxylation is 1. The zero-order valence-electron chi connectivity index (χ0n) is 44.2. The van der Waals surface area contributed by atoms with E-state index in [-0.39, 0.29) is 54.0 Å². The van der Waals surface area contributed by atoms with E-state index in [2.05, 4.69) is 17.2 Å². The van der Waals surface area contributed by atoms with Crippen molar-refractivity contribution < 1.29 is 58.0 Å². The van der Waals surface area contributed by atoms with Crippen LogP contribution in [-0.4, -0.2) is 89.2 Å². The SMILES string of the molecule is C=C(/C=C/C=C/C=C1/N(CCCCCC(=O)NCCNC(=O)c2ccc(C(=O)OC)c(P(c3ccccc3)c3ccccc3)c2)c2ccc(S(=O)(=O)O)cc2C1(C)CCCS(=O)(=O)O)C(C)(C)c1cc(S(=O)(=O)O)ccc1C. The first-order chi connectivity index (χ1) is 36.8. The number of allylic oxidation sites excluding steroid dienone is 7. The van der Waals surface area contributed by atoms with Crippen LogP contribution in [-0.2, 0) is 50.7 Å². The fraction of sp³-hybridized carbons (Fsp3) is 0.293. The molecule has 5 aromatic rings. The standard InChI is InChI=1S/C58H66N3O13PS3/c1-41-27-29-46(77(68,69)70)39-49(41)57(3,4)42(2)20-11-7-16-25-53-58(5,33-19-37-76(65,66)67)50-40-47(78(71,72)73)30-32-51(50)61(53)36-18-10-17-26-54(62)59-34-35-60-55(63)43-28-31-48(56(64)74-6)52(38-43)75(44-21-12-8-13-22-44)45-23-14-9-15-24-45/h7-9,11-16,20-25,27-32,38-40H,2,10,17-19,26,33-37H2,1,3-6H3,(H,59,62)(H,60,63)(H,65,66,67)(H,68,69,70)(H,71,72,73)/b16-7+,20-11+,53-25+. The first-order valence-electron chi connectivity index (χ1n) is 25.1. The minimum Gasteiger partial charge on any atom is -0.465 e. The third-order valence-corrected chi connectivity index (χ3v) is 18.8. The van der Waals surface area contributed by atoms with Gasteiger partial charge < -0.3 is 20.3 Å². The van der Waals surface area contributed by atoms with Gasteiger partial charge in [0, 0.05) is 59.1 Å². The molecule has 1 aliphatic heterocycles. The van der Waals surface area contributed by atoms with Gasteiger partial charge in [-0.15, -0.1) is 0 Å². The van der Waals surface area contributed by atoms with Crippen LogP contribution >= 0.6 is 7.92 Å². The van der Waals surface area contributed by atoms with Gasteiger partial charge in [-0.2, -0.15) is 25.3 Å². The largest absolute Gasteiger partial charge is 0.465 e. The molecule has 0 saturated carbocycles. The number of carbonyl (C=O) groups excluding carboxylic acids is 3. The summed E-state index contributed by atoms with van der Waals surface area (Å²) in [5.74, 6) is -1.65. The van der Waals surface area contributed by atoms with Crippen molar-refractivity contribution in [2.75, 3.05) is 37.4 Å². The number of hydrogen-bond donors (Lipinski definition) is 5.